The second-order valence-electron chi connectivity index (χ2n) is 8.78. The van der Waals surface area contributed by atoms with Crippen LogP contribution in [-0.2, 0) is 12.8 Å². The lowest BCUT2D eigenvalue weighted by Crippen LogP contribution is -2.15. The summed E-state index contributed by atoms with van der Waals surface area (Å²) in [4.78, 5) is 0. The zero-order chi connectivity index (χ0) is 19.6. The third-order valence-electron chi connectivity index (χ3n) is 6.51. The smallest absolute Gasteiger partial charge is 0.0929 e. The second-order valence-corrected chi connectivity index (χ2v) is 8.78. The van der Waals surface area contributed by atoms with Crippen molar-refractivity contribution in [3.05, 3.63) is 47.7 Å². The van der Waals surface area contributed by atoms with Crippen molar-refractivity contribution in [1.29, 1.82) is 0 Å². The predicted molar refractivity (Wildman–Crippen MR) is 119 cm³/mol. The van der Waals surface area contributed by atoms with E-state index in [9.17, 15) is 0 Å². The van der Waals surface area contributed by atoms with Crippen molar-refractivity contribution in [2.45, 2.75) is 90.9 Å². The highest BCUT2D eigenvalue weighted by molar-refractivity contribution is 5.58. The maximum Gasteiger partial charge on any atom is 0.0929 e. The normalized spacial score (nSPS) is 19.6. The lowest BCUT2D eigenvalue weighted by atomic mass is 9.78. The van der Waals surface area contributed by atoms with Gasteiger partial charge in [0, 0.05) is 5.56 Å². The summed E-state index contributed by atoms with van der Waals surface area (Å²) in [6, 6.07) is 13.3. The molecule has 152 valence electrons. The van der Waals surface area contributed by atoms with Crippen LogP contribution in [0.1, 0.15) is 89.3 Å². The number of aryl methyl sites for hydroxylation is 2. The topological polar surface area (TPSA) is 25.8 Å². The Hall–Kier alpha value is -1.70. The Morgan fingerprint density at radius 2 is 1.43 bits per heavy atom. The molecule has 0 amide bonds. The molecule has 0 aliphatic heterocycles. The summed E-state index contributed by atoms with van der Waals surface area (Å²) < 4.78 is 0. The highest BCUT2D eigenvalue weighted by Gasteiger charge is 2.20. The van der Waals surface area contributed by atoms with E-state index in [2.05, 4.69) is 60.4 Å². The summed E-state index contributed by atoms with van der Waals surface area (Å²) in [6.07, 6.45) is 15.9. The molecular weight excluding hydrogens is 340 g/mol. The van der Waals surface area contributed by atoms with Crippen LogP contribution in [0.5, 0.6) is 0 Å². The van der Waals surface area contributed by atoms with E-state index in [1.165, 1.54) is 81.8 Å². The molecular formula is C26H38N2. The van der Waals surface area contributed by atoms with Crippen molar-refractivity contribution in [3.63, 3.8) is 0 Å². The average molecular weight is 379 g/mol. The highest BCUT2D eigenvalue weighted by atomic mass is 15.1. The predicted octanol–water partition coefficient (Wildman–Crippen LogP) is 7.42. The van der Waals surface area contributed by atoms with Crippen molar-refractivity contribution < 1.29 is 0 Å². The third kappa shape index (κ3) is 6.43. The van der Waals surface area contributed by atoms with Gasteiger partial charge in [0.1, 0.15) is 0 Å². The Labute approximate surface area is 172 Å². The first kappa shape index (κ1) is 21.0. The molecule has 3 rings (SSSR count). The molecule has 0 spiro atoms. The first-order valence-corrected chi connectivity index (χ1v) is 11.7. The molecule has 0 unspecified atom stereocenters. The molecule has 1 fully saturated rings. The van der Waals surface area contributed by atoms with Crippen LogP contribution in [-0.4, -0.2) is 10.2 Å². The molecule has 2 nitrogen and oxygen atoms in total. The lowest BCUT2D eigenvalue weighted by Gasteiger charge is -2.28. The van der Waals surface area contributed by atoms with Crippen molar-refractivity contribution >= 4 is 0 Å². The van der Waals surface area contributed by atoms with Gasteiger partial charge < -0.3 is 0 Å². The Bertz CT molecular complexity index is 667. The molecule has 1 aliphatic rings. The van der Waals surface area contributed by atoms with Crippen LogP contribution in [0.2, 0.25) is 0 Å². The average Bonchev–Trinajstić information content (AvgIpc) is 2.75. The number of hydrogen-bond donors (Lipinski definition) is 0. The van der Waals surface area contributed by atoms with E-state index in [-0.39, 0.29) is 0 Å². The van der Waals surface area contributed by atoms with Gasteiger partial charge in [-0.15, -0.1) is 0 Å². The Morgan fingerprint density at radius 1 is 0.714 bits per heavy atom. The zero-order valence-corrected chi connectivity index (χ0v) is 18.0. The number of benzene rings is 1. The third-order valence-corrected chi connectivity index (χ3v) is 6.51. The molecule has 1 heterocycles. The van der Waals surface area contributed by atoms with Crippen molar-refractivity contribution in [2.24, 2.45) is 11.8 Å². The maximum atomic E-state index is 4.45. The van der Waals surface area contributed by atoms with Crippen molar-refractivity contribution in [1.82, 2.24) is 10.2 Å². The molecule has 1 saturated carbocycles. The number of hydrogen-bond acceptors (Lipinski definition) is 2. The fourth-order valence-corrected chi connectivity index (χ4v) is 4.63. The molecule has 0 saturated heterocycles. The van der Waals surface area contributed by atoms with Gasteiger partial charge in [-0.25, -0.2) is 0 Å². The van der Waals surface area contributed by atoms with Crippen LogP contribution < -0.4 is 0 Å². The van der Waals surface area contributed by atoms with Crippen LogP contribution >= 0.6 is 0 Å². The van der Waals surface area contributed by atoms with E-state index >= 15 is 0 Å². The summed E-state index contributed by atoms with van der Waals surface area (Å²) in [6.45, 7) is 4.56. The van der Waals surface area contributed by atoms with Gasteiger partial charge in [0.25, 0.3) is 0 Å². The van der Waals surface area contributed by atoms with Gasteiger partial charge in [-0.05, 0) is 55.2 Å². The SMILES string of the molecule is CCCCCc1ccc(-c2ccc(CCC3CCC(CCC)CC3)cc2)nn1. The molecule has 28 heavy (non-hydrogen) atoms. The van der Waals surface area contributed by atoms with E-state index in [1.54, 1.807) is 0 Å². The summed E-state index contributed by atoms with van der Waals surface area (Å²) in [7, 11) is 0. The van der Waals surface area contributed by atoms with Gasteiger partial charge in [0.15, 0.2) is 0 Å². The highest BCUT2D eigenvalue weighted by Crippen LogP contribution is 2.33. The Morgan fingerprint density at radius 3 is 2.04 bits per heavy atom. The molecule has 1 aromatic carbocycles. The Kier molecular flexibility index (Phi) is 8.51. The summed E-state index contributed by atoms with van der Waals surface area (Å²) in [5, 5.41) is 8.86. The van der Waals surface area contributed by atoms with Crippen LogP contribution in [0.3, 0.4) is 0 Å². The fraction of sp³-hybridized carbons (Fsp3) is 0.615. The van der Waals surface area contributed by atoms with Gasteiger partial charge in [-0.3, -0.25) is 0 Å². The molecule has 2 aromatic rings. The molecule has 2 heteroatoms. The minimum Gasteiger partial charge on any atom is -0.155 e. The summed E-state index contributed by atoms with van der Waals surface area (Å²) in [5.74, 6) is 1.96. The number of unbranched alkanes of at least 4 members (excludes halogenated alkanes) is 2. The second kappa shape index (κ2) is 11.3. The first-order valence-electron chi connectivity index (χ1n) is 11.7. The quantitative estimate of drug-likeness (QED) is 0.402. The molecule has 0 N–H and O–H groups in total. The fourth-order valence-electron chi connectivity index (χ4n) is 4.63. The van der Waals surface area contributed by atoms with Crippen LogP contribution in [0, 0.1) is 11.8 Å². The largest absolute Gasteiger partial charge is 0.155 e. The van der Waals surface area contributed by atoms with E-state index in [4.69, 9.17) is 0 Å². The zero-order valence-electron chi connectivity index (χ0n) is 18.0. The van der Waals surface area contributed by atoms with Crippen LogP contribution in [0.15, 0.2) is 36.4 Å². The van der Waals surface area contributed by atoms with Gasteiger partial charge in [-0.1, -0.05) is 89.5 Å². The number of aromatic nitrogens is 2. The van der Waals surface area contributed by atoms with Crippen LogP contribution in [0.25, 0.3) is 11.3 Å². The van der Waals surface area contributed by atoms with E-state index in [0.717, 1.165) is 29.6 Å². The number of rotatable bonds is 10. The van der Waals surface area contributed by atoms with Gasteiger partial charge in [0.05, 0.1) is 11.4 Å². The van der Waals surface area contributed by atoms with Crippen molar-refractivity contribution in [2.75, 3.05) is 0 Å². The molecule has 0 radical (unpaired) electrons. The minimum absolute atomic E-state index is 0.943. The minimum atomic E-state index is 0.943. The molecule has 0 atom stereocenters. The van der Waals surface area contributed by atoms with Crippen LogP contribution in [0.4, 0.5) is 0 Å². The first-order chi connectivity index (χ1) is 13.8. The standard InChI is InChI=1S/C26H38N2/c1-3-5-6-8-25-19-20-26(28-27-25)24-17-15-23(16-18-24)14-13-22-11-9-21(7-4-2)10-12-22/h15-22H,3-14H2,1-2H3. The van der Waals surface area contributed by atoms with Gasteiger partial charge >= 0.3 is 0 Å². The van der Waals surface area contributed by atoms with Gasteiger partial charge in [0.2, 0.25) is 0 Å². The summed E-state index contributed by atoms with van der Waals surface area (Å²) >= 11 is 0. The lowest BCUT2D eigenvalue weighted by molar-refractivity contribution is 0.252. The molecule has 1 aromatic heterocycles. The summed E-state index contributed by atoms with van der Waals surface area (Å²) in [5.41, 5.74) is 4.74. The molecule has 1 aliphatic carbocycles. The molecule has 0 bridgehead atoms. The van der Waals surface area contributed by atoms with Gasteiger partial charge in [-0.2, -0.15) is 10.2 Å². The van der Waals surface area contributed by atoms with E-state index < -0.39 is 0 Å². The number of nitrogens with zero attached hydrogens (tertiary/aromatic N) is 2. The Balaban J connectivity index is 1.46. The van der Waals surface area contributed by atoms with Crippen molar-refractivity contribution in [3.8, 4) is 11.3 Å². The monoisotopic (exact) mass is 378 g/mol. The van der Waals surface area contributed by atoms with E-state index in [0.29, 0.717) is 0 Å². The maximum absolute atomic E-state index is 4.45. The van der Waals surface area contributed by atoms with E-state index in [1.807, 2.05) is 0 Å².